The maximum atomic E-state index is 12.8. The quantitative estimate of drug-likeness (QED) is 0.574. The molecular formula is C19H25N5O2S2. The first-order valence-electron chi connectivity index (χ1n) is 9.85. The highest BCUT2D eigenvalue weighted by Crippen LogP contribution is 2.25. The summed E-state index contributed by atoms with van der Waals surface area (Å²) in [4.78, 5) is 27.5. The number of likely N-dealkylation sites (tertiary alicyclic amines) is 1. The molecule has 0 aromatic carbocycles. The van der Waals surface area contributed by atoms with E-state index in [1.165, 1.54) is 29.5 Å². The zero-order valence-corrected chi connectivity index (χ0v) is 17.9. The molecule has 7 nitrogen and oxygen atoms in total. The summed E-state index contributed by atoms with van der Waals surface area (Å²) >= 11 is 2.85. The van der Waals surface area contributed by atoms with Gasteiger partial charge in [0.05, 0.1) is 11.3 Å². The Morgan fingerprint density at radius 1 is 1.39 bits per heavy atom. The largest absolute Gasteiger partial charge is 0.342 e. The summed E-state index contributed by atoms with van der Waals surface area (Å²) in [5, 5.41) is 11.2. The molecule has 0 aliphatic carbocycles. The van der Waals surface area contributed by atoms with E-state index < -0.39 is 0 Å². The number of hydrogen-bond acceptors (Lipinski definition) is 6. The van der Waals surface area contributed by atoms with Gasteiger partial charge in [0.15, 0.2) is 5.16 Å². The molecule has 0 bridgehead atoms. The standard InChI is InChI=1S/C19H25N5O2S2/c1-3-4-9-23-17(26)16-14(7-10-27-16)24-18(23)20-21-19(24)28-12-15(25)22-8-5-6-13(2)11-22/h7,10,13H,3-6,8-9,11-12H2,1-2H3/t13-/m1/s1. The predicted molar refractivity (Wildman–Crippen MR) is 113 cm³/mol. The highest BCUT2D eigenvalue weighted by atomic mass is 32.2. The van der Waals surface area contributed by atoms with Crippen molar-refractivity contribution in [3.8, 4) is 0 Å². The van der Waals surface area contributed by atoms with E-state index >= 15 is 0 Å². The molecule has 1 atom stereocenters. The second-order valence-electron chi connectivity index (χ2n) is 7.44. The Labute approximate surface area is 171 Å². The first-order valence-corrected chi connectivity index (χ1v) is 11.7. The van der Waals surface area contributed by atoms with E-state index in [0.717, 1.165) is 37.9 Å². The number of carbonyl (C=O) groups is 1. The number of hydrogen-bond donors (Lipinski definition) is 0. The molecule has 1 fully saturated rings. The maximum Gasteiger partial charge on any atom is 0.272 e. The van der Waals surface area contributed by atoms with Gasteiger partial charge in [0.25, 0.3) is 5.56 Å². The van der Waals surface area contributed by atoms with Crippen molar-refractivity contribution in [1.29, 1.82) is 0 Å². The molecule has 0 N–H and O–H groups in total. The third-order valence-electron chi connectivity index (χ3n) is 5.25. The molecular weight excluding hydrogens is 394 g/mol. The van der Waals surface area contributed by atoms with Crippen LogP contribution in [0, 0.1) is 5.92 Å². The van der Waals surface area contributed by atoms with E-state index in [2.05, 4.69) is 24.0 Å². The van der Waals surface area contributed by atoms with E-state index in [0.29, 0.717) is 33.8 Å². The Morgan fingerprint density at radius 3 is 3.04 bits per heavy atom. The summed E-state index contributed by atoms with van der Waals surface area (Å²) in [6.45, 7) is 6.60. The fraction of sp³-hybridized carbons (Fsp3) is 0.579. The van der Waals surface area contributed by atoms with Crippen LogP contribution in [0.5, 0.6) is 0 Å². The molecule has 0 unspecified atom stereocenters. The summed E-state index contributed by atoms with van der Waals surface area (Å²) in [6.07, 6.45) is 4.18. The second-order valence-corrected chi connectivity index (χ2v) is 9.30. The van der Waals surface area contributed by atoms with E-state index in [1.54, 1.807) is 4.57 Å². The molecule has 4 rings (SSSR count). The van der Waals surface area contributed by atoms with E-state index in [-0.39, 0.29) is 11.5 Å². The Morgan fingerprint density at radius 2 is 2.25 bits per heavy atom. The fourth-order valence-electron chi connectivity index (χ4n) is 3.74. The van der Waals surface area contributed by atoms with Crippen molar-refractivity contribution < 1.29 is 4.79 Å². The van der Waals surface area contributed by atoms with Gasteiger partial charge in [-0.05, 0) is 36.6 Å². The topological polar surface area (TPSA) is 72.5 Å². The number of unbranched alkanes of at least 4 members (excludes halogenated alkanes) is 1. The lowest BCUT2D eigenvalue weighted by molar-refractivity contribution is -0.130. The summed E-state index contributed by atoms with van der Waals surface area (Å²) in [5.74, 6) is 1.61. The molecule has 1 aliphatic rings. The minimum Gasteiger partial charge on any atom is -0.342 e. The van der Waals surface area contributed by atoms with Gasteiger partial charge < -0.3 is 4.90 Å². The van der Waals surface area contributed by atoms with Crippen molar-refractivity contribution in [1.82, 2.24) is 24.1 Å². The fourth-order valence-corrected chi connectivity index (χ4v) is 5.41. The third kappa shape index (κ3) is 3.57. The molecule has 1 saturated heterocycles. The van der Waals surface area contributed by atoms with Crippen LogP contribution in [0.1, 0.15) is 39.5 Å². The van der Waals surface area contributed by atoms with Crippen LogP contribution < -0.4 is 5.56 Å². The molecule has 0 spiro atoms. The van der Waals surface area contributed by atoms with Gasteiger partial charge in [-0.1, -0.05) is 32.0 Å². The minimum atomic E-state index is -0.00622. The lowest BCUT2D eigenvalue weighted by Crippen LogP contribution is -2.40. The van der Waals surface area contributed by atoms with Gasteiger partial charge in [-0.2, -0.15) is 0 Å². The summed E-state index contributed by atoms with van der Waals surface area (Å²) < 4.78 is 4.36. The molecule has 1 aliphatic heterocycles. The Balaban J connectivity index is 1.64. The number of aromatic nitrogens is 4. The van der Waals surface area contributed by atoms with Gasteiger partial charge in [-0.15, -0.1) is 21.5 Å². The Hall–Kier alpha value is -1.87. The molecule has 150 valence electrons. The average molecular weight is 420 g/mol. The van der Waals surface area contributed by atoms with E-state index in [9.17, 15) is 9.59 Å². The molecule has 4 heterocycles. The van der Waals surface area contributed by atoms with Crippen LogP contribution in [0.25, 0.3) is 16.0 Å². The van der Waals surface area contributed by atoms with Crippen molar-refractivity contribution in [2.24, 2.45) is 5.92 Å². The van der Waals surface area contributed by atoms with E-state index in [4.69, 9.17) is 0 Å². The van der Waals surface area contributed by atoms with Crippen molar-refractivity contribution in [3.05, 3.63) is 21.8 Å². The van der Waals surface area contributed by atoms with Crippen molar-refractivity contribution in [2.75, 3.05) is 18.8 Å². The highest BCUT2D eigenvalue weighted by Gasteiger charge is 2.23. The number of fused-ring (bicyclic) bond motifs is 3. The van der Waals surface area contributed by atoms with Crippen LogP contribution in [0.3, 0.4) is 0 Å². The van der Waals surface area contributed by atoms with Crippen LogP contribution in [0.4, 0.5) is 0 Å². The van der Waals surface area contributed by atoms with Gasteiger partial charge in [0.1, 0.15) is 4.70 Å². The SMILES string of the molecule is CCCCn1c(=O)c2sccc2n2c(SCC(=O)N3CCC[C@@H](C)C3)nnc12. The van der Waals surface area contributed by atoms with Gasteiger partial charge in [-0.3, -0.25) is 18.6 Å². The lowest BCUT2D eigenvalue weighted by Gasteiger charge is -2.30. The monoisotopic (exact) mass is 419 g/mol. The van der Waals surface area contributed by atoms with Crippen LogP contribution in [0.2, 0.25) is 0 Å². The summed E-state index contributed by atoms with van der Waals surface area (Å²) in [7, 11) is 0. The molecule has 1 amide bonds. The zero-order valence-electron chi connectivity index (χ0n) is 16.3. The molecule has 0 radical (unpaired) electrons. The normalized spacial score (nSPS) is 17.6. The first-order chi connectivity index (χ1) is 13.6. The highest BCUT2D eigenvalue weighted by molar-refractivity contribution is 7.99. The molecule has 0 saturated carbocycles. The third-order valence-corrected chi connectivity index (χ3v) is 7.06. The number of nitrogens with zero attached hydrogens (tertiary/aromatic N) is 5. The smallest absolute Gasteiger partial charge is 0.272 e. The molecule has 9 heteroatoms. The van der Waals surface area contributed by atoms with Gasteiger partial charge in [0, 0.05) is 19.6 Å². The van der Waals surface area contributed by atoms with E-state index in [1.807, 2.05) is 20.7 Å². The molecule has 3 aromatic heterocycles. The van der Waals surface area contributed by atoms with Crippen LogP contribution >= 0.6 is 23.1 Å². The summed E-state index contributed by atoms with van der Waals surface area (Å²) in [6, 6.07) is 1.93. The van der Waals surface area contributed by atoms with Crippen molar-refractivity contribution >= 4 is 45.0 Å². The number of amides is 1. The average Bonchev–Trinajstić information content (AvgIpc) is 3.33. The predicted octanol–water partition coefficient (Wildman–Crippen LogP) is 3.26. The number of rotatable bonds is 6. The number of thiophene rings is 1. The van der Waals surface area contributed by atoms with Crippen LogP contribution in [0.15, 0.2) is 21.4 Å². The Bertz CT molecular complexity index is 1050. The number of aryl methyl sites for hydroxylation is 1. The molecule has 28 heavy (non-hydrogen) atoms. The maximum absolute atomic E-state index is 12.8. The zero-order chi connectivity index (χ0) is 19.7. The molecule has 3 aromatic rings. The van der Waals surface area contributed by atoms with Crippen LogP contribution in [-0.2, 0) is 11.3 Å². The minimum absolute atomic E-state index is 0.00622. The van der Waals surface area contributed by atoms with Gasteiger partial charge >= 0.3 is 0 Å². The van der Waals surface area contributed by atoms with Gasteiger partial charge in [-0.25, -0.2) is 0 Å². The Kier molecular flexibility index (Phi) is 5.73. The number of thioether (sulfide) groups is 1. The number of piperidine rings is 1. The summed E-state index contributed by atoms with van der Waals surface area (Å²) in [5.41, 5.74) is 0.817. The lowest BCUT2D eigenvalue weighted by atomic mass is 10.0. The van der Waals surface area contributed by atoms with Crippen LogP contribution in [-0.4, -0.2) is 48.8 Å². The number of carbonyl (C=O) groups excluding carboxylic acids is 1. The van der Waals surface area contributed by atoms with Crippen molar-refractivity contribution in [2.45, 2.75) is 51.2 Å². The van der Waals surface area contributed by atoms with Crippen molar-refractivity contribution in [3.63, 3.8) is 0 Å². The van der Waals surface area contributed by atoms with Gasteiger partial charge in [0.2, 0.25) is 11.7 Å². The first kappa shape index (κ1) is 19.4. The second kappa shape index (κ2) is 8.24.